The van der Waals surface area contributed by atoms with Crippen molar-refractivity contribution >= 4 is 6.72 Å². The third-order valence-corrected chi connectivity index (χ3v) is 1.70. The Hall–Kier alpha value is -0.960. The number of piperidine rings is 1. The lowest BCUT2D eigenvalue weighted by Gasteiger charge is -2.21. The summed E-state index contributed by atoms with van der Waals surface area (Å²) in [6, 6.07) is 0. The molecule has 1 heterocycles. The van der Waals surface area contributed by atoms with E-state index in [4.69, 9.17) is 0 Å². The number of rotatable bonds is 1. The van der Waals surface area contributed by atoms with E-state index in [1.54, 1.807) is 6.20 Å². The molecule has 0 spiro atoms. The van der Waals surface area contributed by atoms with E-state index in [1.165, 1.54) is 0 Å². The maximum Gasteiger partial charge on any atom is 0.0558 e. The summed E-state index contributed by atoms with van der Waals surface area (Å²) < 4.78 is 12.6. The smallest absolute Gasteiger partial charge is 0.0558 e. The van der Waals surface area contributed by atoms with Gasteiger partial charge in [0.25, 0.3) is 0 Å². The predicted octanol–water partition coefficient (Wildman–Crippen LogP) is 1.72. The normalized spacial score (nSPS) is 24.1. The number of aliphatic imine (C=N–C) groups is 1. The van der Waals surface area contributed by atoms with E-state index in [9.17, 15) is 4.48 Å². The van der Waals surface area contributed by atoms with Crippen molar-refractivity contribution < 1.29 is 4.48 Å². The molecular weight excluding hydrogens is 143 g/mol. The number of hydrogen-bond acceptors (Lipinski definition) is 2. The Kier molecular flexibility index (Phi) is 2.54. The van der Waals surface area contributed by atoms with Gasteiger partial charge >= 0.3 is 0 Å². The summed E-state index contributed by atoms with van der Waals surface area (Å²) in [5.74, 6) is 0. The first-order valence-electron chi connectivity index (χ1n) is 3.48. The van der Waals surface area contributed by atoms with Crippen molar-refractivity contribution in [3.8, 4) is 0 Å². The van der Waals surface area contributed by atoms with Crippen LogP contribution in [0.5, 0.6) is 0 Å². The van der Waals surface area contributed by atoms with Crippen molar-refractivity contribution in [1.29, 1.82) is 0 Å². The largest absolute Gasteiger partial charge is 0.272 e. The van der Waals surface area contributed by atoms with Crippen molar-refractivity contribution in [2.45, 2.75) is 6.42 Å². The molecule has 1 rings (SSSR count). The maximum atomic E-state index is 12.6. The number of halogens is 1. The summed E-state index contributed by atoms with van der Waals surface area (Å²) >= 11 is 0. The summed E-state index contributed by atoms with van der Waals surface area (Å²) in [6.45, 7) is 7.83. The van der Waals surface area contributed by atoms with Gasteiger partial charge in [0.2, 0.25) is 0 Å². The zero-order chi connectivity index (χ0) is 8.27. The van der Waals surface area contributed by atoms with Crippen LogP contribution in [0.15, 0.2) is 28.9 Å². The lowest BCUT2D eigenvalue weighted by molar-refractivity contribution is 0.0316. The molecule has 60 valence electrons. The van der Waals surface area contributed by atoms with E-state index < -0.39 is 0 Å². The molecule has 0 aromatic carbocycles. The minimum absolute atomic E-state index is 0.290. The van der Waals surface area contributed by atoms with Crippen molar-refractivity contribution in [2.24, 2.45) is 4.99 Å². The number of nitrogens with zero attached hydrogens (tertiary/aromatic N) is 2. The molecule has 2 nitrogen and oxygen atoms in total. The Morgan fingerprint density at radius 3 is 3.00 bits per heavy atom. The maximum absolute atomic E-state index is 12.6. The van der Waals surface area contributed by atoms with Gasteiger partial charge in [-0.25, -0.2) is 0 Å². The zero-order valence-corrected chi connectivity index (χ0v) is 6.39. The lowest BCUT2D eigenvalue weighted by atomic mass is 10.0. The molecule has 1 aliphatic heterocycles. The fraction of sp³-hybridized carbons (Fsp3) is 0.375. The molecule has 3 heteroatoms. The van der Waals surface area contributed by atoms with Crippen molar-refractivity contribution in [3.05, 3.63) is 23.9 Å². The molecule has 0 amide bonds. The second-order valence-corrected chi connectivity index (χ2v) is 2.53. The fourth-order valence-electron chi connectivity index (χ4n) is 1.03. The molecule has 0 aliphatic carbocycles. The Labute approximate surface area is 65.7 Å². The van der Waals surface area contributed by atoms with Gasteiger partial charge in [0, 0.05) is 12.7 Å². The van der Waals surface area contributed by atoms with Gasteiger partial charge in [-0.15, -0.1) is 9.60 Å². The highest BCUT2D eigenvalue weighted by Crippen LogP contribution is 2.20. The summed E-state index contributed by atoms with van der Waals surface area (Å²) in [6.07, 6.45) is 2.24. The molecule has 0 saturated carbocycles. The average Bonchev–Trinajstić information content (AvgIpc) is 1.98. The highest BCUT2D eigenvalue weighted by molar-refractivity contribution is 5.34. The molecule has 0 radical (unpaired) electrons. The van der Waals surface area contributed by atoms with Crippen molar-refractivity contribution in [1.82, 2.24) is 5.12 Å². The summed E-state index contributed by atoms with van der Waals surface area (Å²) in [5, 5.41) is 0.756. The van der Waals surface area contributed by atoms with E-state index in [2.05, 4.69) is 18.3 Å². The first kappa shape index (κ1) is 8.14. The molecule has 0 N–H and O–H groups in total. The van der Waals surface area contributed by atoms with Crippen LogP contribution in [-0.4, -0.2) is 24.9 Å². The van der Waals surface area contributed by atoms with Gasteiger partial charge in [0.1, 0.15) is 0 Å². The topological polar surface area (TPSA) is 15.6 Å². The van der Waals surface area contributed by atoms with Gasteiger partial charge < -0.3 is 0 Å². The fourth-order valence-corrected chi connectivity index (χ4v) is 1.03. The van der Waals surface area contributed by atoms with Crippen LogP contribution in [0, 0.1) is 0 Å². The molecule has 0 bridgehead atoms. The molecule has 0 aromatic rings. The number of hydrogen-bond donors (Lipinski definition) is 0. The van der Waals surface area contributed by atoms with Crippen LogP contribution < -0.4 is 0 Å². The molecule has 0 aromatic heterocycles. The molecule has 1 aliphatic rings. The standard InChI is InChI=1S/C8H11FN2/c1-7-3-4-11(9)6-8(7)5-10-2/h5H,1-4,6H2/b8-5-. The summed E-state index contributed by atoms with van der Waals surface area (Å²) in [5.41, 5.74) is 1.81. The average molecular weight is 154 g/mol. The highest BCUT2D eigenvalue weighted by atomic mass is 19.2. The Bertz CT molecular complexity index is 208. The van der Waals surface area contributed by atoms with Crippen LogP contribution in [0.25, 0.3) is 0 Å². The molecule has 1 saturated heterocycles. The SMILES string of the molecule is C=N/C=C1/CN(F)CCC1=C. The van der Waals surface area contributed by atoms with E-state index in [1.807, 2.05) is 0 Å². The molecule has 1 fully saturated rings. The second-order valence-electron chi connectivity index (χ2n) is 2.53. The lowest BCUT2D eigenvalue weighted by Crippen LogP contribution is -2.24. The van der Waals surface area contributed by atoms with Gasteiger partial charge in [-0.2, -0.15) is 0 Å². The Morgan fingerprint density at radius 2 is 2.36 bits per heavy atom. The summed E-state index contributed by atoms with van der Waals surface area (Å²) in [7, 11) is 0. The van der Waals surface area contributed by atoms with Crippen molar-refractivity contribution in [2.75, 3.05) is 13.1 Å². The van der Waals surface area contributed by atoms with E-state index in [0.29, 0.717) is 13.0 Å². The van der Waals surface area contributed by atoms with E-state index >= 15 is 0 Å². The zero-order valence-electron chi connectivity index (χ0n) is 6.39. The molecule has 0 atom stereocenters. The van der Waals surface area contributed by atoms with Crippen LogP contribution in [-0.2, 0) is 0 Å². The van der Waals surface area contributed by atoms with Crippen LogP contribution in [0.1, 0.15) is 6.42 Å². The first-order chi connectivity index (χ1) is 5.24. The van der Waals surface area contributed by atoms with Gasteiger partial charge in [-0.1, -0.05) is 6.58 Å². The molecular formula is C8H11FN2. The van der Waals surface area contributed by atoms with Crippen LogP contribution in [0.3, 0.4) is 0 Å². The van der Waals surface area contributed by atoms with Gasteiger partial charge in [-0.3, -0.25) is 4.99 Å². The van der Waals surface area contributed by atoms with Crippen LogP contribution in [0.2, 0.25) is 0 Å². The minimum Gasteiger partial charge on any atom is -0.272 e. The monoisotopic (exact) mass is 154 g/mol. The van der Waals surface area contributed by atoms with E-state index in [0.717, 1.165) is 16.3 Å². The third-order valence-electron chi connectivity index (χ3n) is 1.70. The van der Waals surface area contributed by atoms with Gasteiger partial charge in [0.05, 0.1) is 6.54 Å². The molecule has 0 unspecified atom stereocenters. The highest BCUT2D eigenvalue weighted by Gasteiger charge is 2.15. The third kappa shape index (κ3) is 1.98. The molecule has 11 heavy (non-hydrogen) atoms. The minimum atomic E-state index is 0.290. The predicted molar refractivity (Wildman–Crippen MR) is 44.1 cm³/mol. The quantitative estimate of drug-likeness (QED) is 0.414. The Balaban J connectivity index is 2.68. The van der Waals surface area contributed by atoms with Crippen molar-refractivity contribution in [3.63, 3.8) is 0 Å². The van der Waals surface area contributed by atoms with E-state index in [-0.39, 0.29) is 6.54 Å². The first-order valence-corrected chi connectivity index (χ1v) is 3.48. The van der Waals surface area contributed by atoms with Gasteiger partial charge in [-0.05, 0) is 24.3 Å². The van der Waals surface area contributed by atoms with Crippen LogP contribution in [0.4, 0.5) is 4.48 Å². The Morgan fingerprint density at radius 1 is 1.64 bits per heavy atom. The van der Waals surface area contributed by atoms with Crippen LogP contribution >= 0.6 is 0 Å². The second kappa shape index (κ2) is 3.44. The van der Waals surface area contributed by atoms with Gasteiger partial charge in [0.15, 0.2) is 0 Å². The summed E-state index contributed by atoms with van der Waals surface area (Å²) in [4.78, 5) is 3.58.